The maximum absolute atomic E-state index is 5.83. The molecule has 1 aliphatic carbocycles. The minimum absolute atomic E-state index is 0.712. The molecule has 2 atom stereocenters. The van der Waals surface area contributed by atoms with Crippen LogP contribution < -0.4 is 10.1 Å². The van der Waals surface area contributed by atoms with Crippen LogP contribution in [0.1, 0.15) is 39.0 Å². The quantitative estimate of drug-likeness (QED) is 0.786. The molecule has 0 bridgehead atoms. The highest BCUT2D eigenvalue weighted by Gasteiger charge is 2.19. The summed E-state index contributed by atoms with van der Waals surface area (Å²) < 4.78 is 5.68. The highest BCUT2D eigenvalue weighted by Crippen LogP contribution is 2.23. The summed E-state index contributed by atoms with van der Waals surface area (Å²) in [4.78, 5) is 0. The molecule has 1 fully saturated rings. The van der Waals surface area contributed by atoms with Gasteiger partial charge in [0.05, 0.1) is 6.61 Å². The van der Waals surface area contributed by atoms with Gasteiger partial charge in [-0.25, -0.2) is 0 Å². The lowest BCUT2D eigenvalue weighted by atomic mass is 9.86. The summed E-state index contributed by atoms with van der Waals surface area (Å²) in [6.45, 7) is 4.17. The zero-order chi connectivity index (χ0) is 13.5. The summed E-state index contributed by atoms with van der Waals surface area (Å²) in [5.74, 6) is 1.72. The summed E-state index contributed by atoms with van der Waals surface area (Å²) >= 11 is 5.83. The van der Waals surface area contributed by atoms with Crippen molar-refractivity contribution in [1.82, 2.24) is 5.32 Å². The van der Waals surface area contributed by atoms with Gasteiger partial charge in [0.1, 0.15) is 5.75 Å². The third-order valence-corrected chi connectivity index (χ3v) is 4.17. The number of ether oxygens (including phenoxy) is 1. The first kappa shape index (κ1) is 14.7. The second kappa shape index (κ2) is 7.76. The average molecular weight is 282 g/mol. The molecular weight excluding hydrogens is 258 g/mol. The molecule has 19 heavy (non-hydrogen) atoms. The van der Waals surface area contributed by atoms with Gasteiger partial charge in [-0.15, -0.1) is 0 Å². The number of halogens is 1. The Balaban J connectivity index is 1.58. The SMILES string of the molecule is CC1CCCCC1NCCCOc1ccc(Cl)cc1. The van der Waals surface area contributed by atoms with Crippen molar-refractivity contribution in [1.29, 1.82) is 0 Å². The van der Waals surface area contributed by atoms with Crippen LogP contribution in [-0.4, -0.2) is 19.2 Å². The highest BCUT2D eigenvalue weighted by atomic mass is 35.5. The molecule has 1 saturated carbocycles. The van der Waals surface area contributed by atoms with E-state index in [4.69, 9.17) is 16.3 Å². The fraction of sp³-hybridized carbons (Fsp3) is 0.625. The molecule has 1 aromatic rings. The Hall–Kier alpha value is -0.730. The van der Waals surface area contributed by atoms with Crippen LogP contribution in [0.4, 0.5) is 0 Å². The Morgan fingerprint density at radius 1 is 1.21 bits per heavy atom. The maximum atomic E-state index is 5.83. The minimum Gasteiger partial charge on any atom is -0.494 e. The van der Waals surface area contributed by atoms with E-state index in [0.717, 1.165) is 36.3 Å². The smallest absolute Gasteiger partial charge is 0.119 e. The van der Waals surface area contributed by atoms with E-state index in [9.17, 15) is 0 Å². The number of benzene rings is 1. The Kier molecular flexibility index (Phi) is 5.99. The van der Waals surface area contributed by atoms with Crippen LogP contribution in [0.2, 0.25) is 5.02 Å². The van der Waals surface area contributed by atoms with Gasteiger partial charge < -0.3 is 10.1 Å². The zero-order valence-corrected chi connectivity index (χ0v) is 12.5. The van der Waals surface area contributed by atoms with Crippen LogP contribution in [0.25, 0.3) is 0 Å². The van der Waals surface area contributed by atoms with Crippen molar-refractivity contribution in [3.05, 3.63) is 29.3 Å². The molecule has 2 rings (SSSR count). The van der Waals surface area contributed by atoms with Crippen molar-refractivity contribution in [2.24, 2.45) is 5.92 Å². The summed E-state index contributed by atoms with van der Waals surface area (Å²) in [5.41, 5.74) is 0. The molecule has 0 aromatic heterocycles. The first-order chi connectivity index (χ1) is 9.25. The van der Waals surface area contributed by atoms with Gasteiger partial charge in [0.2, 0.25) is 0 Å². The van der Waals surface area contributed by atoms with E-state index < -0.39 is 0 Å². The summed E-state index contributed by atoms with van der Waals surface area (Å²) in [6.07, 6.45) is 6.53. The van der Waals surface area contributed by atoms with E-state index in [1.807, 2.05) is 24.3 Å². The summed E-state index contributed by atoms with van der Waals surface area (Å²) in [6, 6.07) is 8.26. The van der Waals surface area contributed by atoms with Gasteiger partial charge in [0.25, 0.3) is 0 Å². The first-order valence-corrected chi connectivity index (χ1v) is 7.75. The molecule has 106 valence electrons. The fourth-order valence-corrected chi connectivity index (χ4v) is 2.83. The molecule has 0 amide bonds. The molecule has 0 spiro atoms. The Labute approximate surface area is 121 Å². The molecule has 1 aliphatic rings. The Bertz CT molecular complexity index is 366. The Morgan fingerprint density at radius 3 is 2.68 bits per heavy atom. The maximum Gasteiger partial charge on any atom is 0.119 e. The molecular formula is C16H24ClNO. The lowest BCUT2D eigenvalue weighted by Crippen LogP contribution is -2.38. The second-order valence-electron chi connectivity index (χ2n) is 5.48. The van der Waals surface area contributed by atoms with Gasteiger partial charge in [-0.3, -0.25) is 0 Å². The van der Waals surface area contributed by atoms with Gasteiger partial charge in [0.15, 0.2) is 0 Å². The van der Waals surface area contributed by atoms with Gasteiger partial charge in [-0.2, -0.15) is 0 Å². The lowest BCUT2D eigenvalue weighted by molar-refractivity contribution is 0.263. The van der Waals surface area contributed by atoms with Crippen molar-refractivity contribution >= 4 is 11.6 Å². The predicted molar refractivity (Wildman–Crippen MR) is 81.0 cm³/mol. The van der Waals surface area contributed by atoms with E-state index in [-0.39, 0.29) is 0 Å². The van der Waals surface area contributed by atoms with Crippen molar-refractivity contribution in [2.75, 3.05) is 13.2 Å². The fourth-order valence-electron chi connectivity index (χ4n) is 2.70. The zero-order valence-electron chi connectivity index (χ0n) is 11.7. The van der Waals surface area contributed by atoms with Crippen LogP contribution in [0.15, 0.2) is 24.3 Å². The van der Waals surface area contributed by atoms with Gasteiger partial charge in [-0.05, 0) is 56.0 Å². The van der Waals surface area contributed by atoms with Crippen molar-refractivity contribution in [3.63, 3.8) is 0 Å². The van der Waals surface area contributed by atoms with Crippen molar-refractivity contribution < 1.29 is 4.74 Å². The van der Waals surface area contributed by atoms with Crippen LogP contribution in [0.3, 0.4) is 0 Å². The number of hydrogen-bond acceptors (Lipinski definition) is 2. The molecule has 2 unspecified atom stereocenters. The van der Waals surface area contributed by atoms with E-state index in [1.54, 1.807) is 0 Å². The lowest BCUT2D eigenvalue weighted by Gasteiger charge is -2.29. The molecule has 0 radical (unpaired) electrons. The molecule has 1 N–H and O–H groups in total. The number of hydrogen-bond donors (Lipinski definition) is 1. The van der Waals surface area contributed by atoms with Crippen LogP contribution in [0.5, 0.6) is 5.75 Å². The Morgan fingerprint density at radius 2 is 1.95 bits per heavy atom. The summed E-state index contributed by atoms with van der Waals surface area (Å²) in [7, 11) is 0. The molecule has 0 heterocycles. The highest BCUT2D eigenvalue weighted by molar-refractivity contribution is 6.30. The standard InChI is InChI=1S/C16H24ClNO/c1-13-5-2-3-6-16(13)18-11-4-12-19-15-9-7-14(17)8-10-15/h7-10,13,16,18H,2-6,11-12H2,1H3. The monoisotopic (exact) mass is 281 g/mol. The minimum atomic E-state index is 0.712. The first-order valence-electron chi connectivity index (χ1n) is 7.37. The number of rotatable bonds is 6. The van der Waals surface area contributed by atoms with Crippen molar-refractivity contribution in [2.45, 2.75) is 45.1 Å². The second-order valence-corrected chi connectivity index (χ2v) is 5.91. The van der Waals surface area contributed by atoms with E-state index in [2.05, 4.69) is 12.2 Å². The van der Waals surface area contributed by atoms with Crippen LogP contribution >= 0.6 is 11.6 Å². The van der Waals surface area contributed by atoms with Gasteiger partial charge >= 0.3 is 0 Å². The largest absolute Gasteiger partial charge is 0.494 e. The van der Waals surface area contributed by atoms with Gasteiger partial charge in [0, 0.05) is 11.1 Å². The molecule has 2 nitrogen and oxygen atoms in total. The topological polar surface area (TPSA) is 21.3 Å². The molecule has 1 aromatic carbocycles. The summed E-state index contributed by atoms with van der Waals surface area (Å²) in [5, 5.41) is 4.42. The van der Waals surface area contributed by atoms with Crippen LogP contribution in [0, 0.1) is 5.92 Å². The van der Waals surface area contributed by atoms with E-state index >= 15 is 0 Å². The molecule has 3 heteroatoms. The third kappa shape index (κ3) is 5.04. The predicted octanol–water partition coefficient (Wildman–Crippen LogP) is 4.28. The van der Waals surface area contributed by atoms with E-state index in [1.165, 1.54) is 25.7 Å². The molecule has 0 aliphatic heterocycles. The normalized spacial score (nSPS) is 23.3. The number of nitrogens with one attached hydrogen (secondary N) is 1. The van der Waals surface area contributed by atoms with Crippen LogP contribution in [-0.2, 0) is 0 Å². The molecule has 0 saturated heterocycles. The van der Waals surface area contributed by atoms with E-state index in [0.29, 0.717) is 6.04 Å². The van der Waals surface area contributed by atoms with Crippen molar-refractivity contribution in [3.8, 4) is 5.75 Å². The van der Waals surface area contributed by atoms with Gasteiger partial charge in [-0.1, -0.05) is 31.4 Å². The third-order valence-electron chi connectivity index (χ3n) is 3.92. The average Bonchev–Trinajstić information content (AvgIpc) is 2.42.